The molecule has 0 spiro atoms. The lowest BCUT2D eigenvalue weighted by molar-refractivity contribution is 0.116. The monoisotopic (exact) mass is 348 g/mol. The predicted octanol–water partition coefficient (Wildman–Crippen LogP) is 7.11. The van der Waals surface area contributed by atoms with E-state index in [4.69, 9.17) is 4.74 Å². The Hall–Kier alpha value is -1.76. The van der Waals surface area contributed by atoms with Crippen molar-refractivity contribution < 1.29 is 4.74 Å². The summed E-state index contributed by atoms with van der Waals surface area (Å²) in [4.78, 5) is 0. The second-order valence-corrected chi connectivity index (χ2v) is 8.49. The Labute approximate surface area is 158 Å². The van der Waals surface area contributed by atoms with E-state index in [0.717, 1.165) is 29.4 Å². The van der Waals surface area contributed by atoms with Gasteiger partial charge < -0.3 is 4.74 Å². The Morgan fingerprint density at radius 3 is 2.58 bits per heavy atom. The lowest BCUT2D eigenvalue weighted by atomic mass is 9.63. The molecule has 0 bridgehead atoms. The van der Waals surface area contributed by atoms with Crippen molar-refractivity contribution in [3.8, 4) is 5.75 Å². The van der Waals surface area contributed by atoms with Gasteiger partial charge in [0.25, 0.3) is 0 Å². The van der Waals surface area contributed by atoms with Crippen LogP contribution in [-0.4, -0.2) is 6.61 Å². The van der Waals surface area contributed by atoms with Crippen molar-refractivity contribution in [2.24, 2.45) is 17.8 Å². The molecule has 0 amide bonds. The average molecular weight is 349 g/mol. The molecule has 0 aromatic heterocycles. The number of hydrogen-bond donors (Lipinski definition) is 0. The van der Waals surface area contributed by atoms with E-state index in [0.29, 0.717) is 6.61 Å². The van der Waals surface area contributed by atoms with Crippen LogP contribution < -0.4 is 4.74 Å². The Morgan fingerprint density at radius 2 is 1.73 bits per heavy atom. The lowest BCUT2D eigenvalue weighted by Crippen LogP contribution is -2.30. The first-order valence-electron chi connectivity index (χ1n) is 10.5. The highest BCUT2D eigenvalue weighted by Gasteiger charge is 2.35. The van der Waals surface area contributed by atoms with E-state index in [1.165, 1.54) is 55.7 Å². The summed E-state index contributed by atoms with van der Waals surface area (Å²) in [6, 6.07) is 13.5. The van der Waals surface area contributed by atoms with Crippen LogP contribution in [0.3, 0.4) is 0 Å². The van der Waals surface area contributed by atoms with Gasteiger partial charge in [0.1, 0.15) is 12.4 Å². The summed E-state index contributed by atoms with van der Waals surface area (Å²) in [5.41, 5.74) is 1.55. The van der Waals surface area contributed by atoms with Gasteiger partial charge in [0.2, 0.25) is 0 Å². The number of hydrogen-bond acceptors (Lipinski definition) is 1. The van der Waals surface area contributed by atoms with Gasteiger partial charge in [-0.2, -0.15) is 0 Å². The highest BCUT2D eigenvalue weighted by molar-refractivity contribution is 5.84. The highest BCUT2D eigenvalue weighted by Crippen LogP contribution is 2.48. The second-order valence-electron chi connectivity index (χ2n) is 8.49. The van der Waals surface area contributed by atoms with Crippen LogP contribution in [-0.2, 0) is 0 Å². The van der Waals surface area contributed by atoms with Gasteiger partial charge in [-0.1, -0.05) is 56.7 Å². The van der Waals surface area contributed by atoms with Crippen LogP contribution in [0, 0.1) is 17.8 Å². The Bertz CT molecular complexity index is 762. The predicted molar refractivity (Wildman–Crippen MR) is 111 cm³/mol. The number of ether oxygens (including phenoxy) is 1. The van der Waals surface area contributed by atoms with Crippen LogP contribution in [0.25, 0.3) is 10.8 Å². The minimum Gasteiger partial charge on any atom is -0.490 e. The lowest BCUT2D eigenvalue weighted by Gasteiger charge is -2.42. The summed E-state index contributed by atoms with van der Waals surface area (Å²) in [5.74, 6) is 4.68. The van der Waals surface area contributed by atoms with Crippen molar-refractivity contribution >= 4 is 10.8 Å². The maximum atomic E-state index is 5.67. The molecule has 2 aromatic rings. The van der Waals surface area contributed by atoms with Crippen LogP contribution >= 0.6 is 0 Å². The zero-order valence-electron chi connectivity index (χ0n) is 16.1. The third-order valence-corrected chi connectivity index (χ3v) is 6.97. The maximum absolute atomic E-state index is 5.67. The first-order valence-corrected chi connectivity index (χ1v) is 10.5. The Balaban J connectivity index is 1.48. The molecular formula is C25H32O. The molecule has 0 aliphatic heterocycles. The summed E-state index contributed by atoms with van der Waals surface area (Å²) >= 11 is 0. The fourth-order valence-corrected chi connectivity index (χ4v) is 5.40. The Kier molecular flexibility index (Phi) is 5.33. The number of rotatable bonds is 5. The van der Waals surface area contributed by atoms with Gasteiger partial charge in [-0.3, -0.25) is 0 Å². The van der Waals surface area contributed by atoms with Gasteiger partial charge in [0.15, 0.2) is 0 Å². The average Bonchev–Trinajstić information content (AvgIpc) is 2.70. The van der Waals surface area contributed by atoms with Crippen molar-refractivity contribution in [1.29, 1.82) is 0 Å². The molecule has 26 heavy (non-hydrogen) atoms. The summed E-state index contributed by atoms with van der Waals surface area (Å²) < 4.78 is 5.67. The standard InChI is InChI=1S/C25H32O/c1-3-13-26-25-12-11-23-16-22(9-10-24(23)17-25)21-8-7-19-14-18(4-2)5-6-20(19)15-21/h3,9-12,16-21H,1,4-8,13-15H2,2H3. The molecule has 2 aliphatic carbocycles. The number of fused-ring (bicyclic) bond motifs is 2. The fourth-order valence-electron chi connectivity index (χ4n) is 5.40. The number of benzene rings is 2. The van der Waals surface area contributed by atoms with Crippen LogP contribution in [0.15, 0.2) is 49.1 Å². The molecule has 4 atom stereocenters. The van der Waals surface area contributed by atoms with Crippen molar-refractivity contribution in [2.45, 2.75) is 57.8 Å². The molecule has 0 saturated heterocycles. The minimum atomic E-state index is 0.563. The molecule has 4 rings (SSSR count). The van der Waals surface area contributed by atoms with Crippen LogP contribution in [0.5, 0.6) is 5.75 Å². The first kappa shape index (κ1) is 17.6. The third-order valence-electron chi connectivity index (χ3n) is 6.97. The van der Waals surface area contributed by atoms with E-state index < -0.39 is 0 Å². The zero-order valence-corrected chi connectivity index (χ0v) is 16.1. The van der Waals surface area contributed by atoms with E-state index >= 15 is 0 Å². The van der Waals surface area contributed by atoms with E-state index in [-0.39, 0.29) is 0 Å². The molecule has 0 radical (unpaired) electrons. The van der Waals surface area contributed by atoms with Crippen molar-refractivity contribution in [2.75, 3.05) is 6.61 Å². The Morgan fingerprint density at radius 1 is 0.962 bits per heavy atom. The molecule has 0 N–H and O–H groups in total. The van der Waals surface area contributed by atoms with Crippen molar-refractivity contribution in [1.82, 2.24) is 0 Å². The van der Waals surface area contributed by atoms with Crippen LogP contribution in [0.1, 0.15) is 63.4 Å². The molecular weight excluding hydrogens is 316 g/mol. The molecule has 1 heteroatoms. The summed E-state index contributed by atoms with van der Waals surface area (Å²) in [5, 5.41) is 2.61. The fraction of sp³-hybridized carbons (Fsp3) is 0.520. The van der Waals surface area contributed by atoms with Crippen molar-refractivity contribution in [3.05, 3.63) is 54.6 Å². The molecule has 2 aromatic carbocycles. The van der Waals surface area contributed by atoms with Gasteiger partial charge in [0.05, 0.1) is 0 Å². The topological polar surface area (TPSA) is 9.23 Å². The van der Waals surface area contributed by atoms with Gasteiger partial charge >= 0.3 is 0 Å². The highest BCUT2D eigenvalue weighted by atomic mass is 16.5. The van der Waals surface area contributed by atoms with Crippen LogP contribution in [0.2, 0.25) is 0 Å². The van der Waals surface area contributed by atoms with Gasteiger partial charge in [-0.05, 0) is 84.2 Å². The molecule has 2 fully saturated rings. The molecule has 0 heterocycles. The van der Waals surface area contributed by atoms with E-state index in [1.807, 2.05) is 0 Å². The largest absolute Gasteiger partial charge is 0.490 e. The normalized spacial score (nSPS) is 28.5. The summed E-state index contributed by atoms with van der Waals surface area (Å²) in [6.45, 7) is 6.65. The zero-order chi connectivity index (χ0) is 17.9. The molecule has 2 aliphatic rings. The smallest absolute Gasteiger partial charge is 0.120 e. The van der Waals surface area contributed by atoms with E-state index in [2.05, 4.69) is 49.9 Å². The molecule has 2 saturated carbocycles. The van der Waals surface area contributed by atoms with E-state index in [1.54, 1.807) is 11.6 Å². The van der Waals surface area contributed by atoms with Crippen LogP contribution in [0.4, 0.5) is 0 Å². The van der Waals surface area contributed by atoms with Gasteiger partial charge in [-0.15, -0.1) is 0 Å². The minimum absolute atomic E-state index is 0.563. The summed E-state index contributed by atoms with van der Waals surface area (Å²) in [7, 11) is 0. The molecule has 1 nitrogen and oxygen atoms in total. The first-order chi connectivity index (χ1) is 12.8. The second kappa shape index (κ2) is 7.86. The third kappa shape index (κ3) is 3.68. The van der Waals surface area contributed by atoms with E-state index in [9.17, 15) is 0 Å². The van der Waals surface area contributed by atoms with Crippen molar-refractivity contribution in [3.63, 3.8) is 0 Å². The van der Waals surface area contributed by atoms with Gasteiger partial charge in [0, 0.05) is 0 Å². The summed E-state index contributed by atoms with van der Waals surface area (Å²) in [6.07, 6.45) is 11.8. The SMILES string of the molecule is C=CCOc1ccc2cc(C3CCC4CC(CC)CCC4C3)ccc2c1. The van der Waals surface area contributed by atoms with Gasteiger partial charge in [-0.25, -0.2) is 0 Å². The molecule has 4 unspecified atom stereocenters. The maximum Gasteiger partial charge on any atom is 0.120 e. The molecule has 138 valence electrons. The quantitative estimate of drug-likeness (QED) is 0.523.